The molecule has 0 aromatic heterocycles. The largest absolute Gasteiger partial charge is 0.378 e. The van der Waals surface area contributed by atoms with Crippen molar-refractivity contribution in [1.82, 2.24) is 0 Å². The van der Waals surface area contributed by atoms with Crippen LogP contribution in [0.4, 0.5) is 5.69 Å². The standard InChI is InChI=1S/C14H13ClIN/c1-10(11-5-4-6-12(15)9-11)17-14-8-3-2-7-13(14)16/h2-10,17H,1H3. The summed E-state index contributed by atoms with van der Waals surface area (Å²) >= 11 is 8.33. The lowest BCUT2D eigenvalue weighted by atomic mass is 10.1. The van der Waals surface area contributed by atoms with E-state index in [0.29, 0.717) is 0 Å². The van der Waals surface area contributed by atoms with Crippen molar-refractivity contribution < 1.29 is 0 Å². The third-order valence-corrected chi connectivity index (χ3v) is 3.77. The second-order valence-corrected chi connectivity index (χ2v) is 5.50. The van der Waals surface area contributed by atoms with Crippen molar-refractivity contribution in [2.24, 2.45) is 0 Å². The topological polar surface area (TPSA) is 12.0 Å². The van der Waals surface area contributed by atoms with Crippen LogP contribution < -0.4 is 5.32 Å². The molecule has 0 spiro atoms. The molecule has 0 aliphatic carbocycles. The van der Waals surface area contributed by atoms with Gasteiger partial charge in [0, 0.05) is 20.3 Å². The fraction of sp³-hybridized carbons (Fsp3) is 0.143. The smallest absolute Gasteiger partial charge is 0.0486 e. The summed E-state index contributed by atoms with van der Waals surface area (Å²) in [5, 5.41) is 4.26. The Labute approximate surface area is 120 Å². The Morgan fingerprint density at radius 2 is 1.88 bits per heavy atom. The van der Waals surface area contributed by atoms with E-state index in [1.165, 1.54) is 9.13 Å². The number of halogens is 2. The quantitative estimate of drug-likeness (QED) is 0.752. The molecule has 2 aromatic carbocycles. The first-order valence-corrected chi connectivity index (χ1v) is 6.89. The molecule has 2 aromatic rings. The molecular weight excluding hydrogens is 345 g/mol. The van der Waals surface area contributed by atoms with Gasteiger partial charge in [-0.15, -0.1) is 0 Å². The summed E-state index contributed by atoms with van der Waals surface area (Å²) in [7, 11) is 0. The zero-order valence-corrected chi connectivity index (χ0v) is 12.4. The molecule has 1 N–H and O–H groups in total. The van der Waals surface area contributed by atoms with Crippen LogP contribution in [0.1, 0.15) is 18.5 Å². The first kappa shape index (κ1) is 12.7. The minimum absolute atomic E-state index is 0.240. The van der Waals surface area contributed by atoms with Gasteiger partial charge in [0.05, 0.1) is 0 Å². The summed E-state index contributed by atoms with van der Waals surface area (Å²) in [6, 6.07) is 16.4. The fourth-order valence-electron chi connectivity index (χ4n) is 1.67. The van der Waals surface area contributed by atoms with Gasteiger partial charge in [0.25, 0.3) is 0 Å². The zero-order chi connectivity index (χ0) is 12.3. The van der Waals surface area contributed by atoms with Crippen molar-refractivity contribution in [2.45, 2.75) is 13.0 Å². The van der Waals surface area contributed by atoms with Gasteiger partial charge in [-0.25, -0.2) is 0 Å². The lowest BCUT2D eigenvalue weighted by molar-refractivity contribution is 0.883. The van der Waals surface area contributed by atoms with Gasteiger partial charge < -0.3 is 5.32 Å². The highest BCUT2D eigenvalue weighted by Gasteiger charge is 2.07. The molecule has 0 heterocycles. The van der Waals surface area contributed by atoms with Crippen LogP contribution in [0.25, 0.3) is 0 Å². The second-order valence-electron chi connectivity index (χ2n) is 3.90. The molecule has 1 unspecified atom stereocenters. The van der Waals surface area contributed by atoms with Crippen LogP contribution in [0.5, 0.6) is 0 Å². The summed E-state index contributed by atoms with van der Waals surface area (Å²) < 4.78 is 1.22. The molecule has 0 bridgehead atoms. The van der Waals surface area contributed by atoms with E-state index < -0.39 is 0 Å². The zero-order valence-electron chi connectivity index (χ0n) is 9.45. The lowest BCUT2D eigenvalue weighted by Gasteiger charge is -2.17. The molecular formula is C14H13ClIN. The predicted molar refractivity (Wildman–Crippen MR) is 82.6 cm³/mol. The maximum atomic E-state index is 5.99. The van der Waals surface area contributed by atoms with Gasteiger partial charge in [0.1, 0.15) is 0 Å². The Morgan fingerprint density at radius 3 is 2.59 bits per heavy atom. The molecule has 2 rings (SSSR count). The first-order valence-electron chi connectivity index (χ1n) is 5.43. The molecule has 0 saturated carbocycles. The van der Waals surface area contributed by atoms with Gasteiger partial charge in [-0.2, -0.15) is 0 Å². The Balaban J connectivity index is 2.17. The molecule has 0 amide bonds. The van der Waals surface area contributed by atoms with Crippen molar-refractivity contribution in [3.8, 4) is 0 Å². The molecule has 1 nitrogen and oxygen atoms in total. The molecule has 0 aliphatic heterocycles. The monoisotopic (exact) mass is 357 g/mol. The summed E-state index contributed by atoms with van der Waals surface area (Å²) in [6.07, 6.45) is 0. The van der Waals surface area contributed by atoms with Gasteiger partial charge in [-0.1, -0.05) is 35.9 Å². The maximum Gasteiger partial charge on any atom is 0.0486 e. The highest BCUT2D eigenvalue weighted by molar-refractivity contribution is 14.1. The number of anilines is 1. The van der Waals surface area contributed by atoms with Crippen LogP contribution in [0, 0.1) is 3.57 Å². The Morgan fingerprint density at radius 1 is 1.12 bits per heavy atom. The van der Waals surface area contributed by atoms with Crippen LogP contribution in [0.3, 0.4) is 0 Å². The molecule has 17 heavy (non-hydrogen) atoms. The highest BCUT2D eigenvalue weighted by Crippen LogP contribution is 2.24. The predicted octanol–water partition coefficient (Wildman–Crippen LogP) is 5.12. The fourth-order valence-corrected chi connectivity index (χ4v) is 2.41. The van der Waals surface area contributed by atoms with Crippen molar-refractivity contribution in [3.05, 3.63) is 62.7 Å². The van der Waals surface area contributed by atoms with E-state index in [2.05, 4.69) is 53.0 Å². The minimum atomic E-state index is 0.240. The Kier molecular flexibility index (Phi) is 4.29. The maximum absolute atomic E-state index is 5.99. The van der Waals surface area contributed by atoms with Crippen LogP contribution in [-0.4, -0.2) is 0 Å². The van der Waals surface area contributed by atoms with E-state index in [4.69, 9.17) is 11.6 Å². The molecule has 3 heteroatoms. The average Bonchev–Trinajstić information content (AvgIpc) is 2.32. The number of nitrogens with one attached hydrogen (secondary N) is 1. The van der Waals surface area contributed by atoms with Gasteiger partial charge in [0.2, 0.25) is 0 Å². The van der Waals surface area contributed by atoms with Gasteiger partial charge in [0.15, 0.2) is 0 Å². The van der Waals surface area contributed by atoms with Gasteiger partial charge in [-0.05, 0) is 59.3 Å². The average molecular weight is 358 g/mol. The van der Waals surface area contributed by atoms with Crippen molar-refractivity contribution in [1.29, 1.82) is 0 Å². The van der Waals surface area contributed by atoms with Crippen molar-refractivity contribution >= 4 is 39.9 Å². The molecule has 88 valence electrons. The second kappa shape index (κ2) is 5.74. The Hall–Kier alpha value is -0.740. The van der Waals surface area contributed by atoms with Crippen LogP contribution >= 0.6 is 34.2 Å². The molecule has 0 radical (unpaired) electrons. The van der Waals surface area contributed by atoms with Crippen LogP contribution in [0.15, 0.2) is 48.5 Å². The minimum Gasteiger partial charge on any atom is -0.378 e. The number of benzene rings is 2. The molecule has 0 aliphatic rings. The first-order chi connectivity index (χ1) is 8.16. The summed E-state index contributed by atoms with van der Waals surface area (Å²) in [4.78, 5) is 0. The molecule has 1 atom stereocenters. The lowest BCUT2D eigenvalue weighted by Crippen LogP contribution is -2.07. The number of para-hydroxylation sites is 1. The van der Waals surface area contributed by atoms with Crippen LogP contribution in [-0.2, 0) is 0 Å². The summed E-state index contributed by atoms with van der Waals surface area (Å²) in [5.74, 6) is 0. The summed E-state index contributed by atoms with van der Waals surface area (Å²) in [6.45, 7) is 2.13. The number of hydrogen-bond donors (Lipinski definition) is 1. The van der Waals surface area contributed by atoms with E-state index >= 15 is 0 Å². The SMILES string of the molecule is CC(Nc1ccccc1I)c1cccc(Cl)c1. The normalized spacial score (nSPS) is 12.2. The third-order valence-electron chi connectivity index (χ3n) is 2.59. The van der Waals surface area contributed by atoms with Crippen LogP contribution in [0.2, 0.25) is 5.02 Å². The van der Waals surface area contributed by atoms with Gasteiger partial charge in [-0.3, -0.25) is 0 Å². The summed E-state index contributed by atoms with van der Waals surface area (Å²) in [5.41, 5.74) is 2.35. The van der Waals surface area contributed by atoms with E-state index in [9.17, 15) is 0 Å². The highest BCUT2D eigenvalue weighted by atomic mass is 127. The van der Waals surface area contributed by atoms with Crippen molar-refractivity contribution in [3.63, 3.8) is 0 Å². The van der Waals surface area contributed by atoms with Crippen molar-refractivity contribution in [2.75, 3.05) is 5.32 Å². The molecule has 0 fully saturated rings. The number of hydrogen-bond acceptors (Lipinski definition) is 1. The third kappa shape index (κ3) is 3.36. The number of rotatable bonds is 3. The van der Waals surface area contributed by atoms with E-state index in [1.54, 1.807) is 0 Å². The van der Waals surface area contributed by atoms with Gasteiger partial charge >= 0.3 is 0 Å². The molecule has 0 saturated heterocycles. The Bertz CT molecular complexity index is 513. The van der Waals surface area contributed by atoms with E-state index in [1.807, 2.05) is 30.3 Å². The van der Waals surface area contributed by atoms with E-state index in [-0.39, 0.29) is 6.04 Å². The van der Waals surface area contributed by atoms with E-state index in [0.717, 1.165) is 10.7 Å².